The number of allylic oxidation sites excluding steroid dienone is 2. The summed E-state index contributed by atoms with van der Waals surface area (Å²) in [6.45, 7) is 11.6. The second kappa shape index (κ2) is 7.05. The van der Waals surface area contributed by atoms with Gasteiger partial charge in [-0.15, -0.1) is 0 Å². The van der Waals surface area contributed by atoms with Crippen LogP contribution in [0.3, 0.4) is 0 Å². The van der Waals surface area contributed by atoms with Crippen LogP contribution >= 0.6 is 0 Å². The zero-order valence-corrected chi connectivity index (χ0v) is 13.5. The number of anilines is 1. The van der Waals surface area contributed by atoms with Crippen LogP contribution < -0.4 is 4.90 Å². The first kappa shape index (κ1) is 15.2. The SMILES string of the molecule is C=C(C)C1CC=C(CN2CCN(c3ncccn3)CC2)CC1. The van der Waals surface area contributed by atoms with Crippen LogP contribution in [0.5, 0.6) is 0 Å². The van der Waals surface area contributed by atoms with Gasteiger partial charge >= 0.3 is 0 Å². The lowest BCUT2D eigenvalue weighted by Gasteiger charge is -2.35. The van der Waals surface area contributed by atoms with E-state index in [2.05, 4.69) is 39.3 Å². The first-order valence-corrected chi connectivity index (χ1v) is 8.30. The lowest BCUT2D eigenvalue weighted by atomic mass is 9.85. The minimum Gasteiger partial charge on any atom is -0.338 e. The third-order valence-electron chi connectivity index (χ3n) is 4.84. The van der Waals surface area contributed by atoms with Crippen LogP contribution in [0.2, 0.25) is 0 Å². The summed E-state index contributed by atoms with van der Waals surface area (Å²) in [6, 6.07) is 1.87. The maximum Gasteiger partial charge on any atom is 0.225 e. The van der Waals surface area contributed by atoms with E-state index in [1.54, 1.807) is 5.57 Å². The molecule has 4 heteroatoms. The van der Waals surface area contributed by atoms with Crippen molar-refractivity contribution < 1.29 is 0 Å². The fourth-order valence-corrected chi connectivity index (χ4v) is 3.33. The molecule has 118 valence electrons. The highest BCUT2D eigenvalue weighted by atomic mass is 15.3. The fourth-order valence-electron chi connectivity index (χ4n) is 3.33. The molecule has 2 aliphatic rings. The molecule has 0 radical (unpaired) electrons. The average molecular weight is 298 g/mol. The number of aromatic nitrogens is 2. The lowest BCUT2D eigenvalue weighted by Crippen LogP contribution is -2.47. The predicted octanol–water partition coefficient (Wildman–Crippen LogP) is 2.90. The molecule has 0 bridgehead atoms. The van der Waals surface area contributed by atoms with Crippen molar-refractivity contribution in [2.45, 2.75) is 26.2 Å². The van der Waals surface area contributed by atoms with Gasteiger partial charge in [-0.1, -0.05) is 23.8 Å². The van der Waals surface area contributed by atoms with Crippen molar-refractivity contribution in [3.8, 4) is 0 Å². The fraction of sp³-hybridized carbons (Fsp3) is 0.556. The highest BCUT2D eigenvalue weighted by Gasteiger charge is 2.21. The average Bonchev–Trinajstić information content (AvgIpc) is 2.57. The molecule has 1 aliphatic heterocycles. The van der Waals surface area contributed by atoms with Gasteiger partial charge in [0.05, 0.1) is 0 Å². The minimum atomic E-state index is 0.704. The Labute approximate surface area is 133 Å². The number of nitrogens with zero attached hydrogens (tertiary/aromatic N) is 4. The van der Waals surface area contributed by atoms with Crippen molar-refractivity contribution in [3.63, 3.8) is 0 Å². The zero-order valence-electron chi connectivity index (χ0n) is 13.5. The summed E-state index contributed by atoms with van der Waals surface area (Å²) in [5.74, 6) is 1.57. The van der Waals surface area contributed by atoms with E-state index in [1.165, 1.54) is 24.8 Å². The molecule has 1 fully saturated rings. The first-order valence-electron chi connectivity index (χ1n) is 8.30. The second-order valence-electron chi connectivity index (χ2n) is 6.49. The first-order chi connectivity index (χ1) is 10.7. The molecule has 0 amide bonds. The van der Waals surface area contributed by atoms with Crippen molar-refractivity contribution in [3.05, 3.63) is 42.3 Å². The quantitative estimate of drug-likeness (QED) is 0.800. The molecule has 1 aliphatic carbocycles. The normalized spacial score (nSPS) is 23.2. The van der Waals surface area contributed by atoms with Gasteiger partial charge in [0.15, 0.2) is 0 Å². The van der Waals surface area contributed by atoms with Crippen molar-refractivity contribution in [2.75, 3.05) is 37.6 Å². The molecule has 1 aromatic rings. The van der Waals surface area contributed by atoms with Gasteiger partial charge in [0.2, 0.25) is 5.95 Å². The second-order valence-corrected chi connectivity index (χ2v) is 6.49. The summed E-state index contributed by atoms with van der Waals surface area (Å²) in [4.78, 5) is 13.5. The van der Waals surface area contributed by atoms with Crippen LogP contribution in [0.25, 0.3) is 0 Å². The van der Waals surface area contributed by atoms with Crippen LogP contribution in [0.15, 0.2) is 42.3 Å². The van der Waals surface area contributed by atoms with Gasteiger partial charge in [-0.2, -0.15) is 0 Å². The van der Waals surface area contributed by atoms with Gasteiger partial charge in [-0.05, 0) is 38.2 Å². The largest absolute Gasteiger partial charge is 0.338 e. The Hall–Kier alpha value is -1.68. The molecule has 0 aromatic carbocycles. The topological polar surface area (TPSA) is 32.3 Å². The molecule has 0 N–H and O–H groups in total. The molecule has 3 rings (SSSR count). The molecule has 4 nitrogen and oxygen atoms in total. The van der Waals surface area contributed by atoms with Gasteiger partial charge in [0.25, 0.3) is 0 Å². The summed E-state index contributed by atoms with van der Waals surface area (Å²) < 4.78 is 0. The summed E-state index contributed by atoms with van der Waals surface area (Å²) in [7, 11) is 0. The van der Waals surface area contributed by atoms with Crippen LogP contribution in [0.4, 0.5) is 5.95 Å². The van der Waals surface area contributed by atoms with E-state index >= 15 is 0 Å². The standard InChI is InChI=1S/C18H26N4/c1-15(2)17-6-4-16(5-7-17)14-21-10-12-22(13-11-21)18-19-8-3-9-20-18/h3-4,8-9,17H,1,5-7,10-14H2,2H3. The van der Waals surface area contributed by atoms with Gasteiger partial charge in [-0.25, -0.2) is 9.97 Å². The van der Waals surface area contributed by atoms with Crippen molar-refractivity contribution >= 4 is 5.95 Å². The van der Waals surface area contributed by atoms with Gasteiger partial charge in [0.1, 0.15) is 0 Å². The van der Waals surface area contributed by atoms with Gasteiger partial charge < -0.3 is 4.90 Å². The Morgan fingerprint density at radius 3 is 2.55 bits per heavy atom. The number of hydrogen-bond donors (Lipinski definition) is 0. The third-order valence-corrected chi connectivity index (χ3v) is 4.84. The van der Waals surface area contributed by atoms with Crippen LogP contribution in [0, 0.1) is 5.92 Å². The molecule has 22 heavy (non-hydrogen) atoms. The Balaban J connectivity index is 1.48. The molecule has 1 atom stereocenters. The van der Waals surface area contributed by atoms with Crippen molar-refractivity contribution in [1.29, 1.82) is 0 Å². The van der Waals surface area contributed by atoms with E-state index in [1.807, 2.05) is 18.5 Å². The number of rotatable bonds is 4. The van der Waals surface area contributed by atoms with Crippen LogP contribution in [0.1, 0.15) is 26.2 Å². The number of hydrogen-bond acceptors (Lipinski definition) is 4. The predicted molar refractivity (Wildman–Crippen MR) is 90.9 cm³/mol. The van der Waals surface area contributed by atoms with Crippen molar-refractivity contribution in [2.24, 2.45) is 5.92 Å². The molecular weight excluding hydrogens is 272 g/mol. The van der Waals surface area contributed by atoms with E-state index < -0.39 is 0 Å². The summed E-state index contributed by atoms with van der Waals surface area (Å²) in [5, 5.41) is 0. The highest BCUT2D eigenvalue weighted by molar-refractivity contribution is 5.29. The third kappa shape index (κ3) is 3.74. The van der Waals surface area contributed by atoms with Gasteiger partial charge in [-0.3, -0.25) is 4.90 Å². The Kier molecular flexibility index (Phi) is 4.88. The Morgan fingerprint density at radius 2 is 1.95 bits per heavy atom. The monoisotopic (exact) mass is 298 g/mol. The van der Waals surface area contributed by atoms with Gasteiger partial charge in [0, 0.05) is 45.1 Å². The summed E-state index contributed by atoms with van der Waals surface area (Å²) in [5.41, 5.74) is 2.95. The number of piperazine rings is 1. The molecular formula is C18H26N4. The van der Waals surface area contributed by atoms with E-state index in [0.29, 0.717) is 5.92 Å². The molecule has 1 saturated heterocycles. The Bertz CT molecular complexity index is 529. The van der Waals surface area contributed by atoms with E-state index in [-0.39, 0.29) is 0 Å². The molecule has 2 heterocycles. The van der Waals surface area contributed by atoms with Crippen molar-refractivity contribution in [1.82, 2.24) is 14.9 Å². The summed E-state index contributed by atoms with van der Waals surface area (Å²) in [6.07, 6.45) is 9.79. The van der Waals surface area contributed by atoms with Crippen LogP contribution in [-0.2, 0) is 0 Å². The molecule has 1 aromatic heterocycles. The minimum absolute atomic E-state index is 0.704. The maximum absolute atomic E-state index is 4.34. The molecule has 1 unspecified atom stereocenters. The van der Waals surface area contributed by atoms with E-state index in [0.717, 1.165) is 38.7 Å². The maximum atomic E-state index is 4.34. The lowest BCUT2D eigenvalue weighted by molar-refractivity contribution is 0.271. The Morgan fingerprint density at radius 1 is 1.23 bits per heavy atom. The van der Waals surface area contributed by atoms with E-state index in [4.69, 9.17) is 0 Å². The molecule has 0 spiro atoms. The zero-order chi connectivity index (χ0) is 15.4. The molecule has 0 saturated carbocycles. The summed E-state index contributed by atoms with van der Waals surface area (Å²) >= 11 is 0. The van der Waals surface area contributed by atoms with Crippen LogP contribution in [-0.4, -0.2) is 47.6 Å². The smallest absolute Gasteiger partial charge is 0.225 e. The highest BCUT2D eigenvalue weighted by Crippen LogP contribution is 2.28. The van der Waals surface area contributed by atoms with E-state index in [9.17, 15) is 0 Å².